The molecule has 0 fully saturated rings. The van der Waals surface area contributed by atoms with Gasteiger partial charge in [-0.25, -0.2) is 0 Å². The van der Waals surface area contributed by atoms with Crippen LogP contribution < -0.4 is 10.1 Å². The molecule has 3 heteroatoms. The Kier molecular flexibility index (Phi) is 4.83. The van der Waals surface area contributed by atoms with Crippen LogP contribution in [0.2, 0.25) is 0 Å². The summed E-state index contributed by atoms with van der Waals surface area (Å²) in [6.45, 7) is 5.90. The van der Waals surface area contributed by atoms with Crippen LogP contribution in [0.1, 0.15) is 37.8 Å². The van der Waals surface area contributed by atoms with E-state index in [4.69, 9.17) is 4.74 Å². The monoisotopic (exact) mass is 261 g/mol. The standard InChI is InChI=1S/C16H23NO2/c1-12(2)7-8-17-16(18)11-13-5-6-15-14(10-13)4-3-9-19-15/h5-6,10,12H,3-4,7-9,11H2,1-2H3,(H,17,18). The summed E-state index contributed by atoms with van der Waals surface area (Å²) in [7, 11) is 0. The topological polar surface area (TPSA) is 38.3 Å². The fourth-order valence-electron chi connectivity index (χ4n) is 2.27. The highest BCUT2D eigenvalue weighted by molar-refractivity contribution is 5.78. The van der Waals surface area contributed by atoms with Crippen LogP contribution in [-0.2, 0) is 17.6 Å². The molecule has 0 bridgehead atoms. The van der Waals surface area contributed by atoms with Gasteiger partial charge in [0.1, 0.15) is 5.75 Å². The zero-order valence-corrected chi connectivity index (χ0v) is 11.9. The molecule has 1 amide bonds. The number of carbonyl (C=O) groups is 1. The van der Waals surface area contributed by atoms with Gasteiger partial charge in [0.15, 0.2) is 0 Å². The molecule has 3 nitrogen and oxygen atoms in total. The van der Waals surface area contributed by atoms with Crippen LogP contribution in [0.25, 0.3) is 0 Å². The van der Waals surface area contributed by atoms with Gasteiger partial charge >= 0.3 is 0 Å². The summed E-state index contributed by atoms with van der Waals surface area (Å²) in [4.78, 5) is 11.8. The molecule has 0 aliphatic carbocycles. The SMILES string of the molecule is CC(C)CCNC(=O)Cc1ccc2c(c1)CCCO2. The summed E-state index contributed by atoms with van der Waals surface area (Å²) in [6, 6.07) is 6.09. The molecular weight excluding hydrogens is 238 g/mol. The van der Waals surface area contributed by atoms with Gasteiger partial charge in [-0.2, -0.15) is 0 Å². The Hall–Kier alpha value is -1.51. The van der Waals surface area contributed by atoms with Crippen molar-refractivity contribution in [2.45, 2.75) is 39.5 Å². The Morgan fingerprint density at radius 1 is 1.42 bits per heavy atom. The van der Waals surface area contributed by atoms with E-state index in [0.29, 0.717) is 12.3 Å². The highest BCUT2D eigenvalue weighted by Crippen LogP contribution is 2.25. The second-order valence-corrected chi connectivity index (χ2v) is 5.60. The van der Waals surface area contributed by atoms with Gasteiger partial charge in [-0.3, -0.25) is 4.79 Å². The van der Waals surface area contributed by atoms with Gasteiger partial charge in [0.05, 0.1) is 13.0 Å². The lowest BCUT2D eigenvalue weighted by atomic mass is 10.0. The van der Waals surface area contributed by atoms with E-state index in [9.17, 15) is 4.79 Å². The van der Waals surface area contributed by atoms with Crippen LogP contribution in [0.5, 0.6) is 5.75 Å². The van der Waals surface area contributed by atoms with Crippen molar-refractivity contribution in [2.75, 3.05) is 13.2 Å². The number of amides is 1. The average Bonchev–Trinajstić information content (AvgIpc) is 2.38. The lowest BCUT2D eigenvalue weighted by molar-refractivity contribution is -0.120. The molecule has 1 N–H and O–H groups in total. The number of rotatable bonds is 5. The van der Waals surface area contributed by atoms with Crippen LogP contribution in [0, 0.1) is 5.92 Å². The molecule has 0 atom stereocenters. The van der Waals surface area contributed by atoms with Gasteiger partial charge < -0.3 is 10.1 Å². The number of nitrogens with one attached hydrogen (secondary N) is 1. The minimum atomic E-state index is 0.109. The van der Waals surface area contributed by atoms with Gasteiger partial charge in [-0.1, -0.05) is 26.0 Å². The summed E-state index contributed by atoms with van der Waals surface area (Å²) in [6.07, 6.45) is 3.62. The predicted molar refractivity (Wildman–Crippen MR) is 76.4 cm³/mol. The van der Waals surface area contributed by atoms with Gasteiger partial charge in [0.2, 0.25) is 5.91 Å². The first-order valence-corrected chi connectivity index (χ1v) is 7.16. The second kappa shape index (κ2) is 6.60. The maximum Gasteiger partial charge on any atom is 0.224 e. The number of hydrogen-bond donors (Lipinski definition) is 1. The molecule has 2 rings (SSSR count). The van der Waals surface area contributed by atoms with Crippen LogP contribution in [-0.4, -0.2) is 19.1 Å². The maximum absolute atomic E-state index is 11.8. The molecule has 0 aromatic heterocycles. The van der Waals surface area contributed by atoms with Gasteiger partial charge in [0.25, 0.3) is 0 Å². The van der Waals surface area contributed by atoms with Crippen molar-refractivity contribution >= 4 is 5.91 Å². The Labute approximate surface area is 115 Å². The summed E-state index contributed by atoms with van der Waals surface area (Å²) in [5.41, 5.74) is 2.31. The fraction of sp³-hybridized carbons (Fsp3) is 0.562. The fourth-order valence-corrected chi connectivity index (χ4v) is 2.27. The number of carbonyl (C=O) groups excluding carboxylic acids is 1. The average molecular weight is 261 g/mol. The van der Waals surface area contributed by atoms with Crippen LogP contribution in [0.4, 0.5) is 0 Å². The van der Waals surface area contributed by atoms with Crippen LogP contribution >= 0.6 is 0 Å². The second-order valence-electron chi connectivity index (χ2n) is 5.60. The molecule has 1 heterocycles. The lowest BCUT2D eigenvalue weighted by Gasteiger charge is -2.17. The molecular formula is C16H23NO2. The summed E-state index contributed by atoms with van der Waals surface area (Å²) < 4.78 is 5.57. The minimum absolute atomic E-state index is 0.109. The molecule has 1 aromatic carbocycles. The molecule has 1 aliphatic heterocycles. The first-order valence-electron chi connectivity index (χ1n) is 7.16. The van der Waals surface area contributed by atoms with Gasteiger partial charge in [-0.05, 0) is 42.4 Å². The molecule has 1 aliphatic rings. The first kappa shape index (κ1) is 13.9. The van der Waals surface area contributed by atoms with Crippen molar-refractivity contribution in [3.05, 3.63) is 29.3 Å². The molecule has 0 unspecified atom stereocenters. The first-order chi connectivity index (χ1) is 9.15. The minimum Gasteiger partial charge on any atom is -0.493 e. The molecule has 19 heavy (non-hydrogen) atoms. The zero-order valence-electron chi connectivity index (χ0n) is 11.9. The lowest BCUT2D eigenvalue weighted by Crippen LogP contribution is -2.26. The number of benzene rings is 1. The van der Waals surface area contributed by atoms with Crippen molar-refractivity contribution in [3.63, 3.8) is 0 Å². The third-order valence-corrected chi connectivity index (χ3v) is 3.38. The van der Waals surface area contributed by atoms with Crippen LogP contribution in [0.3, 0.4) is 0 Å². The molecule has 0 spiro atoms. The van der Waals surface area contributed by atoms with E-state index in [1.165, 1.54) is 5.56 Å². The summed E-state index contributed by atoms with van der Waals surface area (Å²) in [5, 5.41) is 2.97. The van der Waals surface area contributed by atoms with E-state index in [0.717, 1.165) is 43.7 Å². The highest BCUT2D eigenvalue weighted by Gasteiger charge is 2.11. The Bertz CT molecular complexity index is 440. The smallest absolute Gasteiger partial charge is 0.224 e. The van der Waals surface area contributed by atoms with Crippen molar-refractivity contribution in [1.82, 2.24) is 5.32 Å². The van der Waals surface area contributed by atoms with E-state index in [1.807, 2.05) is 12.1 Å². The van der Waals surface area contributed by atoms with Crippen LogP contribution in [0.15, 0.2) is 18.2 Å². The molecule has 1 aromatic rings. The third kappa shape index (κ3) is 4.27. The van der Waals surface area contributed by atoms with Crippen molar-refractivity contribution in [3.8, 4) is 5.75 Å². The van der Waals surface area contributed by atoms with E-state index in [2.05, 4.69) is 25.2 Å². The molecule has 104 valence electrons. The Morgan fingerprint density at radius 3 is 3.05 bits per heavy atom. The number of hydrogen-bond acceptors (Lipinski definition) is 2. The summed E-state index contributed by atoms with van der Waals surface area (Å²) >= 11 is 0. The number of ether oxygens (including phenoxy) is 1. The number of fused-ring (bicyclic) bond motifs is 1. The van der Waals surface area contributed by atoms with E-state index < -0.39 is 0 Å². The molecule has 0 radical (unpaired) electrons. The molecule has 0 saturated carbocycles. The normalized spacial score (nSPS) is 13.8. The van der Waals surface area contributed by atoms with Crippen molar-refractivity contribution in [2.24, 2.45) is 5.92 Å². The van der Waals surface area contributed by atoms with E-state index >= 15 is 0 Å². The third-order valence-electron chi connectivity index (χ3n) is 3.38. The van der Waals surface area contributed by atoms with Gasteiger partial charge in [-0.15, -0.1) is 0 Å². The molecule has 0 saturated heterocycles. The van der Waals surface area contributed by atoms with E-state index in [-0.39, 0.29) is 5.91 Å². The van der Waals surface area contributed by atoms with Gasteiger partial charge in [0, 0.05) is 6.54 Å². The Morgan fingerprint density at radius 2 is 2.26 bits per heavy atom. The highest BCUT2D eigenvalue weighted by atomic mass is 16.5. The predicted octanol–water partition coefficient (Wildman–Crippen LogP) is 2.72. The van der Waals surface area contributed by atoms with E-state index in [1.54, 1.807) is 0 Å². The summed E-state index contributed by atoms with van der Waals surface area (Å²) in [5.74, 6) is 1.72. The largest absolute Gasteiger partial charge is 0.493 e. The van der Waals surface area contributed by atoms with Crippen molar-refractivity contribution < 1.29 is 9.53 Å². The maximum atomic E-state index is 11.8. The Balaban J connectivity index is 1.86. The number of aryl methyl sites for hydroxylation is 1. The zero-order chi connectivity index (χ0) is 13.7. The quantitative estimate of drug-likeness (QED) is 0.885. The van der Waals surface area contributed by atoms with Crippen molar-refractivity contribution in [1.29, 1.82) is 0 Å².